The third-order valence-corrected chi connectivity index (χ3v) is 8.53. The highest BCUT2D eigenvalue weighted by Gasteiger charge is 2.48. The summed E-state index contributed by atoms with van der Waals surface area (Å²) in [4.78, 5) is 0. The second-order valence-electron chi connectivity index (χ2n) is 10.2. The predicted octanol–water partition coefficient (Wildman–Crippen LogP) is 7.90. The topological polar surface area (TPSA) is 23.8 Å². The van der Waals surface area contributed by atoms with E-state index in [0.717, 1.165) is 29.6 Å². The number of nitriles is 1. The minimum Gasteiger partial charge on any atom is -0.198 e. The Kier molecular flexibility index (Phi) is 7.48. The Bertz CT molecular complexity index is 463. The SMILES string of the molecule is CCCCCCC1(C#N)CCC2C(CCC3CC(CCCC)CCC32)C1. The highest BCUT2D eigenvalue weighted by atomic mass is 14.5. The summed E-state index contributed by atoms with van der Waals surface area (Å²) in [5.41, 5.74) is 0.0417. The van der Waals surface area contributed by atoms with Crippen molar-refractivity contribution in [3.63, 3.8) is 0 Å². The molecule has 3 saturated carbocycles. The van der Waals surface area contributed by atoms with Crippen LogP contribution in [-0.2, 0) is 0 Å². The van der Waals surface area contributed by atoms with Gasteiger partial charge in [-0.3, -0.25) is 0 Å². The molecular weight excluding hydrogens is 314 g/mol. The van der Waals surface area contributed by atoms with Gasteiger partial charge >= 0.3 is 0 Å². The van der Waals surface area contributed by atoms with Crippen LogP contribution in [0.15, 0.2) is 0 Å². The Labute approximate surface area is 163 Å². The van der Waals surface area contributed by atoms with Gasteiger partial charge in [-0.05, 0) is 81.0 Å². The fourth-order valence-electron chi connectivity index (χ4n) is 7.05. The van der Waals surface area contributed by atoms with E-state index in [-0.39, 0.29) is 5.41 Å². The molecule has 0 aromatic rings. The summed E-state index contributed by atoms with van der Waals surface area (Å²) in [7, 11) is 0. The van der Waals surface area contributed by atoms with Gasteiger partial charge < -0.3 is 0 Å². The predicted molar refractivity (Wildman–Crippen MR) is 111 cm³/mol. The van der Waals surface area contributed by atoms with Crippen molar-refractivity contribution in [2.24, 2.45) is 35.0 Å². The molecule has 0 bridgehead atoms. The number of hydrogen-bond acceptors (Lipinski definition) is 1. The largest absolute Gasteiger partial charge is 0.198 e. The van der Waals surface area contributed by atoms with Crippen LogP contribution < -0.4 is 0 Å². The van der Waals surface area contributed by atoms with Gasteiger partial charge in [0.15, 0.2) is 0 Å². The summed E-state index contributed by atoms with van der Waals surface area (Å²) in [6, 6.07) is 2.83. The van der Waals surface area contributed by atoms with Crippen LogP contribution in [0.4, 0.5) is 0 Å². The molecule has 148 valence electrons. The molecule has 0 aromatic heterocycles. The summed E-state index contributed by atoms with van der Waals surface area (Å²) >= 11 is 0. The minimum absolute atomic E-state index is 0.0417. The average Bonchev–Trinajstić information content (AvgIpc) is 2.69. The zero-order valence-electron chi connectivity index (χ0n) is 17.6. The fourth-order valence-corrected chi connectivity index (χ4v) is 7.05. The maximum Gasteiger partial charge on any atom is 0.0689 e. The zero-order chi connectivity index (χ0) is 18.4. The van der Waals surface area contributed by atoms with Crippen molar-refractivity contribution in [1.82, 2.24) is 0 Å². The molecule has 3 aliphatic rings. The van der Waals surface area contributed by atoms with Crippen molar-refractivity contribution in [2.45, 2.75) is 117 Å². The van der Waals surface area contributed by atoms with Gasteiger partial charge in [-0.2, -0.15) is 5.26 Å². The monoisotopic (exact) mass is 357 g/mol. The van der Waals surface area contributed by atoms with Crippen molar-refractivity contribution in [1.29, 1.82) is 5.26 Å². The van der Waals surface area contributed by atoms with Crippen molar-refractivity contribution in [2.75, 3.05) is 0 Å². The van der Waals surface area contributed by atoms with E-state index in [2.05, 4.69) is 19.9 Å². The summed E-state index contributed by atoms with van der Waals surface area (Å²) in [5, 5.41) is 9.99. The zero-order valence-corrected chi connectivity index (χ0v) is 17.6. The lowest BCUT2D eigenvalue weighted by Crippen LogP contribution is -2.44. The third kappa shape index (κ3) is 4.66. The molecule has 1 nitrogen and oxygen atoms in total. The van der Waals surface area contributed by atoms with Crippen LogP contribution in [0.2, 0.25) is 0 Å². The maximum absolute atomic E-state index is 9.99. The number of hydrogen-bond donors (Lipinski definition) is 0. The second kappa shape index (κ2) is 9.61. The van der Waals surface area contributed by atoms with Crippen molar-refractivity contribution in [3.8, 4) is 6.07 Å². The lowest BCUT2D eigenvalue weighted by molar-refractivity contribution is -0.0181. The normalized spacial score (nSPS) is 39.7. The molecule has 0 heterocycles. The summed E-state index contributed by atoms with van der Waals surface area (Å²) in [6.07, 6.45) is 22.0. The van der Waals surface area contributed by atoms with Crippen molar-refractivity contribution < 1.29 is 0 Å². The van der Waals surface area contributed by atoms with Crippen molar-refractivity contribution in [3.05, 3.63) is 0 Å². The summed E-state index contributed by atoms with van der Waals surface area (Å²) in [5.74, 6) is 4.93. The second-order valence-corrected chi connectivity index (χ2v) is 10.2. The highest BCUT2D eigenvalue weighted by molar-refractivity contribution is 5.06. The van der Waals surface area contributed by atoms with Crippen LogP contribution in [-0.4, -0.2) is 0 Å². The van der Waals surface area contributed by atoms with E-state index in [4.69, 9.17) is 0 Å². The highest BCUT2D eigenvalue weighted by Crippen LogP contribution is 2.57. The smallest absolute Gasteiger partial charge is 0.0689 e. The molecule has 0 aromatic carbocycles. The van der Waals surface area contributed by atoms with Gasteiger partial charge in [0.05, 0.1) is 11.5 Å². The third-order valence-electron chi connectivity index (χ3n) is 8.53. The molecule has 0 spiro atoms. The Hall–Kier alpha value is -0.510. The van der Waals surface area contributed by atoms with Gasteiger partial charge in [-0.15, -0.1) is 0 Å². The molecule has 3 rings (SSSR count). The van der Waals surface area contributed by atoms with E-state index >= 15 is 0 Å². The lowest BCUT2D eigenvalue weighted by atomic mass is 9.52. The van der Waals surface area contributed by atoms with Crippen LogP contribution in [0, 0.1) is 46.3 Å². The fraction of sp³-hybridized carbons (Fsp3) is 0.960. The van der Waals surface area contributed by atoms with Gasteiger partial charge in [0.1, 0.15) is 0 Å². The Morgan fingerprint density at radius 2 is 1.62 bits per heavy atom. The standard InChI is InChI=1S/C25H43N/c1-3-5-7-8-15-25(19-26)16-14-24-22(18-25)12-11-21-17-20(9-6-4-2)10-13-23(21)24/h20-24H,3-18H2,1-2H3. The van der Waals surface area contributed by atoms with E-state index in [1.54, 1.807) is 0 Å². The van der Waals surface area contributed by atoms with Crippen LogP contribution in [0.1, 0.15) is 117 Å². The molecule has 0 amide bonds. The van der Waals surface area contributed by atoms with Gasteiger partial charge in [0.2, 0.25) is 0 Å². The number of nitrogens with zero attached hydrogens (tertiary/aromatic N) is 1. The lowest BCUT2D eigenvalue weighted by Gasteiger charge is -2.52. The van der Waals surface area contributed by atoms with Crippen LogP contribution in [0.25, 0.3) is 0 Å². The van der Waals surface area contributed by atoms with Crippen LogP contribution >= 0.6 is 0 Å². The van der Waals surface area contributed by atoms with Gasteiger partial charge in [0.25, 0.3) is 0 Å². The number of rotatable bonds is 8. The first kappa shape index (κ1) is 20.2. The maximum atomic E-state index is 9.99. The van der Waals surface area contributed by atoms with E-state index < -0.39 is 0 Å². The van der Waals surface area contributed by atoms with E-state index in [9.17, 15) is 5.26 Å². The minimum atomic E-state index is 0.0417. The first-order chi connectivity index (χ1) is 12.7. The average molecular weight is 358 g/mol. The molecule has 3 aliphatic carbocycles. The van der Waals surface area contributed by atoms with E-state index in [0.29, 0.717) is 0 Å². The van der Waals surface area contributed by atoms with Gasteiger partial charge in [-0.1, -0.05) is 65.2 Å². The van der Waals surface area contributed by atoms with Crippen LogP contribution in [0.5, 0.6) is 0 Å². The molecule has 0 radical (unpaired) electrons. The molecule has 3 fully saturated rings. The molecular formula is C25H43N. The molecule has 0 aliphatic heterocycles. The molecule has 6 unspecified atom stereocenters. The van der Waals surface area contributed by atoms with Gasteiger partial charge in [0, 0.05) is 0 Å². The molecule has 26 heavy (non-hydrogen) atoms. The molecule has 0 saturated heterocycles. The van der Waals surface area contributed by atoms with Crippen LogP contribution in [0.3, 0.4) is 0 Å². The number of fused-ring (bicyclic) bond motifs is 3. The van der Waals surface area contributed by atoms with Gasteiger partial charge in [-0.25, -0.2) is 0 Å². The molecule has 0 N–H and O–H groups in total. The van der Waals surface area contributed by atoms with E-state index in [1.807, 2.05) is 0 Å². The quantitative estimate of drug-likeness (QED) is 0.405. The van der Waals surface area contributed by atoms with E-state index in [1.165, 1.54) is 103 Å². The first-order valence-corrected chi connectivity index (χ1v) is 12.1. The Balaban J connectivity index is 1.54. The Morgan fingerprint density at radius 1 is 0.846 bits per heavy atom. The summed E-state index contributed by atoms with van der Waals surface area (Å²) in [6.45, 7) is 4.61. The number of unbranched alkanes of at least 4 members (excludes halogenated alkanes) is 4. The molecule has 1 heteroatoms. The molecule has 6 atom stereocenters. The van der Waals surface area contributed by atoms with Crippen molar-refractivity contribution >= 4 is 0 Å². The summed E-state index contributed by atoms with van der Waals surface area (Å²) < 4.78 is 0. The first-order valence-electron chi connectivity index (χ1n) is 12.1. The Morgan fingerprint density at radius 3 is 2.38 bits per heavy atom.